The van der Waals surface area contributed by atoms with E-state index < -0.39 is 0 Å². The minimum Gasteiger partial charge on any atom is -0.485 e. The Balaban J connectivity index is 1.17. The van der Waals surface area contributed by atoms with Crippen molar-refractivity contribution in [1.29, 1.82) is 0 Å². The smallest absolute Gasteiger partial charge is 0.238 e. The van der Waals surface area contributed by atoms with Crippen LogP contribution in [0.4, 0.5) is 5.69 Å². The van der Waals surface area contributed by atoms with E-state index in [-0.39, 0.29) is 12.0 Å². The Kier molecular flexibility index (Phi) is 6.79. The van der Waals surface area contributed by atoms with E-state index in [1.54, 1.807) is 12.3 Å². The lowest BCUT2D eigenvalue weighted by Crippen LogP contribution is -2.38. The lowest BCUT2D eigenvalue weighted by molar-refractivity contribution is -0.117. The van der Waals surface area contributed by atoms with Gasteiger partial charge in [-0.1, -0.05) is 30.3 Å². The van der Waals surface area contributed by atoms with Crippen LogP contribution >= 0.6 is 11.8 Å². The summed E-state index contributed by atoms with van der Waals surface area (Å²) in [4.78, 5) is 18.8. The average molecular weight is 462 g/mol. The monoisotopic (exact) mass is 461 g/mol. The molecule has 1 saturated heterocycles. The minimum absolute atomic E-state index is 0.0131. The predicted octanol–water partition coefficient (Wildman–Crippen LogP) is 4.93. The number of hydrogen-bond donors (Lipinski definition) is 1. The van der Waals surface area contributed by atoms with Gasteiger partial charge >= 0.3 is 0 Å². The van der Waals surface area contributed by atoms with Crippen LogP contribution in [-0.2, 0) is 11.2 Å². The Morgan fingerprint density at radius 1 is 1.12 bits per heavy atom. The fraction of sp³-hybridized carbons (Fsp3) is 0.308. The Labute approximate surface area is 198 Å². The second kappa shape index (κ2) is 10.3. The van der Waals surface area contributed by atoms with Gasteiger partial charge in [0, 0.05) is 30.7 Å². The first-order valence-electron chi connectivity index (χ1n) is 11.3. The third kappa shape index (κ3) is 5.67. The molecule has 2 aliphatic heterocycles. The fourth-order valence-electron chi connectivity index (χ4n) is 4.13. The highest BCUT2D eigenvalue weighted by molar-refractivity contribution is 7.99. The molecule has 7 heteroatoms. The van der Waals surface area contributed by atoms with Crippen LogP contribution in [0.15, 0.2) is 66.9 Å². The number of carbonyl (C=O) groups is 1. The number of aromatic nitrogens is 1. The quantitative estimate of drug-likeness (QED) is 0.562. The molecule has 2 aliphatic rings. The third-order valence-corrected chi connectivity index (χ3v) is 6.80. The zero-order valence-corrected chi connectivity index (χ0v) is 19.2. The molecule has 1 aromatic heterocycles. The Hall–Kier alpha value is -3.03. The number of benzene rings is 2. The summed E-state index contributed by atoms with van der Waals surface area (Å²) < 4.78 is 12.2. The van der Waals surface area contributed by atoms with Gasteiger partial charge in [0.2, 0.25) is 11.8 Å². The van der Waals surface area contributed by atoms with Crippen molar-refractivity contribution < 1.29 is 14.3 Å². The molecule has 6 nitrogen and oxygen atoms in total. The highest BCUT2D eigenvalue weighted by atomic mass is 32.2. The summed E-state index contributed by atoms with van der Waals surface area (Å²) in [7, 11) is 0. The molecular formula is C26H27N3O3S. The molecule has 1 fully saturated rings. The molecule has 1 atom stereocenters. The van der Waals surface area contributed by atoms with Gasteiger partial charge in [-0.15, -0.1) is 0 Å². The molecule has 2 aromatic carbocycles. The number of amides is 1. The molecule has 3 aromatic rings. The van der Waals surface area contributed by atoms with Gasteiger partial charge in [-0.05, 0) is 48.2 Å². The van der Waals surface area contributed by atoms with E-state index in [0.717, 1.165) is 54.5 Å². The lowest BCUT2D eigenvalue weighted by atomic mass is 9.97. The molecule has 1 N–H and O–H groups in total. The molecule has 170 valence electrons. The van der Waals surface area contributed by atoms with Crippen molar-refractivity contribution in [3.63, 3.8) is 0 Å². The lowest BCUT2D eigenvalue weighted by Gasteiger charge is -2.26. The topological polar surface area (TPSA) is 63.7 Å². The molecular weight excluding hydrogens is 434 g/mol. The highest BCUT2D eigenvalue weighted by Gasteiger charge is 2.21. The van der Waals surface area contributed by atoms with Crippen molar-refractivity contribution in [1.82, 2.24) is 9.88 Å². The van der Waals surface area contributed by atoms with E-state index in [1.807, 2.05) is 54.2 Å². The van der Waals surface area contributed by atoms with Gasteiger partial charge in [0.15, 0.2) is 0 Å². The van der Waals surface area contributed by atoms with E-state index >= 15 is 0 Å². The van der Waals surface area contributed by atoms with Crippen LogP contribution in [0.2, 0.25) is 0 Å². The maximum Gasteiger partial charge on any atom is 0.238 e. The van der Waals surface area contributed by atoms with Crippen LogP contribution in [0.25, 0.3) is 0 Å². The summed E-state index contributed by atoms with van der Waals surface area (Å²) in [6.07, 6.45) is 3.58. The summed E-state index contributed by atoms with van der Waals surface area (Å²) in [6.45, 7) is 2.34. The maximum atomic E-state index is 12.3. The van der Waals surface area contributed by atoms with Crippen molar-refractivity contribution in [2.75, 3.05) is 36.5 Å². The number of rotatable bonds is 6. The number of pyridine rings is 1. The fourth-order valence-corrected chi connectivity index (χ4v) is 5.11. The number of nitrogens with zero attached hydrogens (tertiary/aromatic N) is 2. The van der Waals surface area contributed by atoms with Gasteiger partial charge in [-0.2, -0.15) is 11.8 Å². The van der Waals surface area contributed by atoms with Crippen molar-refractivity contribution >= 4 is 23.4 Å². The van der Waals surface area contributed by atoms with Gasteiger partial charge in [0.05, 0.1) is 18.4 Å². The number of fused-ring (bicyclic) bond motifs is 1. The Morgan fingerprint density at radius 2 is 1.97 bits per heavy atom. The molecule has 1 amide bonds. The largest absolute Gasteiger partial charge is 0.485 e. The molecule has 1 unspecified atom stereocenters. The molecule has 0 spiro atoms. The number of hydrogen-bond acceptors (Lipinski definition) is 6. The van der Waals surface area contributed by atoms with Crippen LogP contribution < -0.4 is 14.8 Å². The maximum absolute atomic E-state index is 12.3. The Bertz CT molecular complexity index is 1090. The van der Waals surface area contributed by atoms with E-state index in [0.29, 0.717) is 18.1 Å². The van der Waals surface area contributed by atoms with E-state index in [1.165, 1.54) is 5.56 Å². The number of anilines is 1. The molecule has 3 heterocycles. The molecule has 0 radical (unpaired) electrons. The van der Waals surface area contributed by atoms with Crippen LogP contribution in [0.5, 0.6) is 17.4 Å². The van der Waals surface area contributed by atoms with Crippen molar-refractivity contribution in [2.45, 2.75) is 18.9 Å². The van der Waals surface area contributed by atoms with Gasteiger partial charge in [-0.25, -0.2) is 4.98 Å². The number of nitrogens with one attached hydrogen (secondary N) is 1. The summed E-state index contributed by atoms with van der Waals surface area (Å²) in [5.74, 6) is 4.27. The number of thioether (sulfide) groups is 1. The van der Waals surface area contributed by atoms with Crippen molar-refractivity contribution in [2.24, 2.45) is 0 Å². The number of carbonyl (C=O) groups excluding carboxylic acids is 1. The van der Waals surface area contributed by atoms with Crippen LogP contribution in [0, 0.1) is 0 Å². The number of ether oxygens (including phenoxy) is 2. The molecule has 33 heavy (non-hydrogen) atoms. The predicted molar refractivity (Wildman–Crippen MR) is 131 cm³/mol. The molecule has 0 aliphatic carbocycles. The summed E-state index contributed by atoms with van der Waals surface area (Å²) in [5, 5.41) is 2.92. The highest BCUT2D eigenvalue weighted by Crippen LogP contribution is 2.37. The van der Waals surface area contributed by atoms with Crippen LogP contribution in [0.3, 0.4) is 0 Å². The zero-order valence-electron chi connectivity index (χ0n) is 18.4. The summed E-state index contributed by atoms with van der Waals surface area (Å²) in [5.41, 5.74) is 3.01. The summed E-state index contributed by atoms with van der Waals surface area (Å²) >= 11 is 1.93. The first-order chi connectivity index (χ1) is 16.2. The average Bonchev–Trinajstić information content (AvgIpc) is 2.86. The second-order valence-electron chi connectivity index (χ2n) is 8.25. The van der Waals surface area contributed by atoms with Crippen molar-refractivity contribution in [3.05, 3.63) is 78.0 Å². The minimum atomic E-state index is -0.0131. The van der Waals surface area contributed by atoms with Crippen LogP contribution in [0.1, 0.15) is 23.7 Å². The second-order valence-corrected chi connectivity index (χ2v) is 9.47. The van der Waals surface area contributed by atoms with E-state index in [9.17, 15) is 4.79 Å². The third-order valence-electron chi connectivity index (χ3n) is 5.86. The van der Waals surface area contributed by atoms with E-state index in [4.69, 9.17) is 9.47 Å². The van der Waals surface area contributed by atoms with Gasteiger partial charge < -0.3 is 14.8 Å². The SMILES string of the molecule is O=C(CN1CCSCC1)Nc1ccc(Oc2ccc3c(c2)CCC(c2ccccc2)O3)nc1. The standard InChI is InChI=1S/C26H27N3O3S/c30-25(18-29-12-14-33-15-13-29)28-21-7-11-26(27-17-21)31-22-8-10-24-20(16-22)6-9-23(32-24)19-4-2-1-3-5-19/h1-5,7-8,10-11,16-17,23H,6,9,12-15,18H2,(H,28,30). The van der Waals surface area contributed by atoms with Crippen LogP contribution in [-0.4, -0.2) is 46.9 Å². The molecule has 0 saturated carbocycles. The number of aryl methyl sites for hydroxylation is 1. The van der Waals surface area contributed by atoms with E-state index in [2.05, 4.69) is 27.3 Å². The Morgan fingerprint density at radius 3 is 2.76 bits per heavy atom. The summed E-state index contributed by atoms with van der Waals surface area (Å²) in [6, 6.07) is 19.8. The first kappa shape index (κ1) is 21.8. The zero-order chi connectivity index (χ0) is 22.5. The molecule has 5 rings (SSSR count). The first-order valence-corrected chi connectivity index (χ1v) is 12.5. The van der Waals surface area contributed by atoms with Gasteiger partial charge in [0.25, 0.3) is 0 Å². The van der Waals surface area contributed by atoms with Gasteiger partial charge in [-0.3, -0.25) is 9.69 Å². The van der Waals surface area contributed by atoms with Crippen molar-refractivity contribution in [3.8, 4) is 17.4 Å². The van der Waals surface area contributed by atoms with Gasteiger partial charge in [0.1, 0.15) is 17.6 Å². The molecule has 0 bridgehead atoms. The normalized spacial score (nSPS) is 18.1.